The Labute approximate surface area is 96.4 Å². The molecule has 1 rings (SSSR count). The third-order valence-electron chi connectivity index (χ3n) is 1.72. The highest BCUT2D eigenvalue weighted by Crippen LogP contribution is 2.36. The van der Waals surface area contributed by atoms with E-state index < -0.39 is 30.0 Å². The van der Waals surface area contributed by atoms with Gasteiger partial charge >= 0.3 is 18.3 Å². The van der Waals surface area contributed by atoms with Crippen molar-refractivity contribution in [3.8, 4) is 0 Å². The van der Waals surface area contributed by atoms with Crippen molar-refractivity contribution in [1.82, 2.24) is 4.98 Å². The molecule has 1 aromatic rings. The Balaban J connectivity index is 2.90. The smallest absolute Gasteiger partial charge is 0.434 e. The highest BCUT2D eigenvalue weighted by atomic mass is 19.4. The lowest BCUT2D eigenvalue weighted by molar-refractivity contribution is -0.307. The molecule has 0 aliphatic carbocycles. The maximum atomic E-state index is 12.1. The summed E-state index contributed by atoms with van der Waals surface area (Å²) in [5.74, 6) is -1.75. The fourth-order valence-corrected chi connectivity index (χ4v) is 0.978. The lowest BCUT2D eigenvalue weighted by atomic mass is 10.3. The van der Waals surface area contributed by atoms with Crippen molar-refractivity contribution in [1.29, 1.82) is 0 Å². The van der Waals surface area contributed by atoms with Crippen LogP contribution in [-0.2, 0) is 4.74 Å². The van der Waals surface area contributed by atoms with Crippen molar-refractivity contribution in [3.05, 3.63) is 30.1 Å². The second kappa shape index (κ2) is 4.83. The predicted octanol–water partition coefficient (Wildman–Crippen LogP) is 2.73. The normalized spacial score (nSPS) is 12.6. The first-order valence-corrected chi connectivity index (χ1v) is 4.37. The molecule has 18 heavy (non-hydrogen) atoms. The molecule has 0 radical (unpaired) electrons. The number of aromatic nitrogens is 1. The van der Waals surface area contributed by atoms with Gasteiger partial charge in [-0.3, -0.25) is 4.98 Å². The summed E-state index contributed by atoms with van der Waals surface area (Å²) in [4.78, 5) is 14.5. The number of pyridine rings is 1. The molecule has 100 valence electrons. The van der Waals surface area contributed by atoms with Crippen molar-refractivity contribution in [2.75, 3.05) is 0 Å². The van der Waals surface area contributed by atoms with Crippen molar-refractivity contribution in [2.45, 2.75) is 18.5 Å². The lowest BCUT2D eigenvalue weighted by Gasteiger charge is -2.22. The molecule has 1 aromatic heterocycles. The zero-order valence-electron chi connectivity index (χ0n) is 8.42. The summed E-state index contributed by atoms with van der Waals surface area (Å²) in [7, 11) is 0. The lowest BCUT2D eigenvalue weighted by Crippen LogP contribution is -2.45. The van der Waals surface area contributed by atoms with Crippen molar-refractivity contribution in [3.63, 3.8) is 0 Å². The molecule has 0 bridgehead atoms. The van der Waals surface area contributed by atoms with E-state index in [9.17, 15) is 31.1 Å². The van der Waals surface area contributed by atoms with Gasteiger partial charge in [0, 0.05) is 12.4 Å². The van der Waals surface area contributed by atoms with Crippen molar-refractivity contribution >= 4 is 5.97 Å². The third kappa shape index (κ3) is 3.60. The summed E-state index contributed by atoms with van der Waals surface area (Å²) < 4.78 is 75.9. The maximum absolute atomic E-state index is 12.1. The van der Waals surface area contributed by atoms with E-state index >= 15 is 0 Å². The highest BCUT2D eigenvalue weighted by molar-refractivity contribution is 5.89. The average molecular weight is 273 g/mol. The summed E-state index contributed by atoms with van der Waals surface area (Å²) in [6.07, 6.45) is -13.6. The van der Waals surface area contributed by atoms with Crippen molar-refractivity contribution in [2.24, 2.45) is 0 Å². The number of alkyl halides is 6. The second-order valence-corrected chi connectivity index (χ2v) is 3.11. The van der Waals surface area contributed by atoms with Crippen LogP contribution in [0.25, 0.3) is 0 Å². The Bertz CT molecular complexity index is 399. The number of carbonyl (C=O) groups is 1. The Morgan fingerprint density at radius 1 is 1.17 bits per heavy atom. The monoisotopic (exact) mass is 273 g/mol. The van der Waals surface area contributed by atoms with E-state index in [0.717, 1.165) is 12.3 Å². The fraction of sp³-hybridized carbons (Fsp3) is 0.333. The molecule has 0 saturated carbocycles. The van der Waals surface area contributed by atoms with Crippen LogP contribution in [0.2, 0.25) is 0 Å². The molecule has 0 aliphatic rings. The first-order chi connectivity index (χ1) is 8.12. The van der Waals surface area contributed by atoms with E-state index in [1.54, 1.807) is 0 Å². The van der Waals surface area contributed by atoms with Gasteiger partial charge in [-0.15, -0.1) is 0 Å². The van der Waals surface area contributed by atoms with E-state index in [-0.39, 0.29) is 0 Å². The van der Waals surface area contributed by atoms with Gasteiger partial charge in [-0.1, -0.05) is 0 Å². The van der Waals surface area contributed by atoms with Gasteiger partial charge in [-0.25, -0.2) is 4.79 Å². The molecule has 0 amide bonds. The molecule has 3 nitrogen and oxygen atoms in total. The summed E-state index contributed by atoms with van der Waals surface area (Å²) in [6, 6.07) is 2.16. The van der Waals surface area contributed by atoms with E-state index in [1.807, 2.05) is 0 Å². The Morgan fingerprint density at radius 2 is 1.72 bits per heavy atom. The van der Waals surface area contributed by atoms with Crippen molar-refractivity contribution < 1.29 is 35.9 Å². The molecular formula is C9H5F6NO2. The van der Waals surface area contributed by atoms with Gasteiger partial charge in [-0.2, -0.15) is 26.3 Å². The number of nitrogens with zero attached hydrogens (tertiary/aromatic N) is 1. The quantitative estimate of drug-likeness (QED) is 0.614. The largest absolute Gasteiger partial charge is 0.439 e. The standard InChI is InChI=1S/C9H5F6NO2/c10-8(11,12)7(9(13,14)15)18-6(17)5-2-1-3-16-4-5/h1-4,7H. The minimum absolute atomic E-state index is 0.504. The van der Waals surface area contributed by atoms with Crippen LogP contribution in [0.1, 0.15) is 10.4 Å². The predicted molar refractivity (Wildman–Crippen MR) is 45.6 cm³/mol. The number of halogens is 6. The summed E-state index contributed by atoms with van der Waals surface area (Å²) in [5, 5.41) is 0. The molecular weight excluding hydrogens is 268 g/mol. The van der Waals surface area contributed by atoms with Gasteiger partial charge in [0.15, 0.2) is 0 Å². The van der Waals surface area contributed by atoms with Crippen LogP contribution in [0.5, 0.6) is 0 Å². The number of carbonyl (C=O) groups excluding carboxylic acids is 1. The Kier molecular flexibility index (Phi) is 3.82. The van der Waals surface area contributed by atoms with Gasteiger partial charge in [0.25, 0.3) is 6.10 Å². The third-order valence-corrected chi connectivity index (χ3v) is 1.72. The van der Waals surface area contributed by atoms with Crippen LogP contribution in [-0.4, -0.2) is 29.4 Å². The molecule has 0 N–H and O–H groups in total. The molecule has 0 unspecified atom stereocenters. The minimum atomic E-state index is -5.73. The summed E-state index contributed by atoms with van der Waals surface area (Å²) >= 11 is 0. The average Bonchev–Trinajstić information content (AvgIpc) is 2.23. The number of rotatable bonds is 2. The van der Waals surface area contributed by atoms with Gasteiger partial charge < -0.3 is 4.74 Å². The Hall–Kier alpha value is -1.80. The van der Waals surface area contributed by atoms with E-state index in [4.69, 9.17) is 0 Å². The van der Waals surface area contributed by atoms with Gasteiger partial charge in [0.1, 0.15) is 0 Å². The zero-order valence-corrected chi connectivity index (χ0v) is 8.42. The van der Waals surface area contributed by atoms with Gasteiger partial charge in [0.2, 0.25) is 0 Å². The first-order valence-electron chi connectivity index (χ1n) is 4.37. The molecule has 0 fully saturated rings. The molecule has 0 aromatic carbocycles. The number of esters is 1. The molecule has 0 atom stereocenters. The number of hydrogen-bond acceptors (Lipinski definition) is 3. The number of hydrogen-bond donors (Lipinski definition) is 0. The second-order valence-electron chi connectivity index (χ2n) is 3.11. The minimum Gasteiger partial charge on any atom is -0.439 e. The SMILES string of the molecule is O=C(OC(C(F)(F)F)C(F)(F)F)c1cccnc1. The maximum Gasteiger partial charge on any atom is 0.434 e. The van der Waals surface area contributed by atoms with Crippen LogP contribution >= 0.6 is 0 Å². The summed E-state index contributed by atoms with van der Waals surface area (Å²) in [5.41, 5.74) is -0.504. The molecule has 9 heteroatoms. The molecule has 0 aliphatic heterocycles. The number of ether oxygens (including phenoxy) is 1. The molecule has 0 saturated heterocycles. The van der Waals surface area contributed by atoms with E-state index in [0.29, 0.717) is 0 Å². The van der Waals surface area contributed by atoms with E-state index in [2.05, 4.69) is 9.72 Å². The Morgan fingerprint density at radius 3 is 2.11 bits per heavy atom. The van der Waals surface area contributed by atoms with Gasteiger partial charge in [-0.05, 0) is 12.1 Å². The fourth-order valence-electron chi connectivity index (χ4n) is 0.978. The van der Waals surface area contributed by atoms with Crippen LogP contribution in [0, 0.1) is 0 Å². The van der Waals surface area contributed by atoms with Crippen LogP contribution < -0.4 is 0 Å². The summed E-state index contributed by atoms with van der Waals surface area (Å²) in [6.45, 7) is 0. The molecule has 1 heterocycles. The first kappa shape index (κ1) is 14.3. The van der Waals surface area contributed by atoms with Crippen LogP contribution in [0.4, 0.5) is 26.3 Å². The van der Waals surface area contributed by atoms with Gasteiger partial charge in [0.05, 0.1) is 5.56 Å². The topological polar surface area (TPSA) is 39.2 Å². The molecule has 0 spiro atoms. The highest BCUT2D eigenvalue weighted by Gasteiger charge is 2.59. The van der Waals surface area contributed by atoms with E-state index in [1.165, 1.54) is 12.3 Å². The zero-order chi connectivity index (χ0) is 14.0. The van der Waals surface area contributed by atoms with Crippen LogP contribution in [0.3, 0.4) is 0 Å². The van der Waals surface area contributed by atoms with Crippen LogP contribution in [0.15, 0.2) is 24.5 Å².